The van der Waals surface area contributed by atoms with E-state index in [1.165, 1.54) is 50.7 Å². The van der Waals surface area contributed by atoms with Crippen LogP contribution in [0.3, 0.4) is 0 Å². The summed E-state index contributed by atoms with van der Waals surface area (Å²) in [5.41, 5.74) is 6.27. The molecule has 0 aromatic heterocycles. The lowest BCUT2D eigenvalue weighted by atomic mass is 9.92. The third kappa shape index (κ3) is 3.47. The van der Waals surface area contributed by atoms with Gasteiger partial charge in [-0.05, 0) is 31.9 Å². The lowest BCUT2D eigenvalue weighted by Crippen LogP contribution is -2.41. The molecule has 1 rings (SSSR count). The normalized spacial score (nSPS) is 29.4. The minimum absolute atomic E-state index is 0.395. The van der Waals surface area contributed by atoms with Gasteiger partial charge in [0.05, 0.1) is 0 Å². The predicted octanol–water partition coefficient (Wildman–Crippen LogP) is 3.57. The molecule has 1 aliphatic rings. The Morgan fingerprint density at radius 1 is 1.36 bits per heavy atom. The fourth-order valence-electron chi connectivity index (χ4n) is 2.19. The molecule has 2 atom stereocenters. The van der Waals surface area contributed by atoms with Crippen LogP contribution in [0.15, 0.2) is 0 Å². The lowest BCUT2D eigenvalue weighted by molar-refractivity contribution is 0.440. The molecule has 0 amide bonds. The van der Waals surface area contributed by atoms with E-state index < -0.39 is 0 Å². The molecule has 0 aromatic rings. The lowest BCUT2D eigenvalue weighted by Gasteiger charge is -2.30. The van der Waals surface area contributed by atoms with Gasteiger partial charge in [-0.3, -0.25) is 0 Å². The van der Waals surface area contributed by atoms with Crippen molar-refractivity contribution in [1.29, 1.82) is 0 Å². The third-order valence-corrected chi connectivity index (χ3v) is 5.06. The van der Waals surface area contributed by atoms with E-state index in [1.54, 1.807) is 0 Å². The largest absolute Gasteiger partial charge is 0.326 e. The van der Waals surface area contributed by atoms with E-state index in [4.69, 9.17) is 5.73 Å². The maximum Gasteiger partial charge on any atom is 0.0283 e. The Morgan fingerprint density at radius 2 is 2.14 bits per heavy atom. The number of hydrogen-bond acceptors (Lipinski definition) is 2. The quantitative estimate of drug-likeness (QED) is 0.686. The van der Waals surface area contributed by atoms with Crippen molar-refractivity contribution in [1.82, 2.24) is 0 Å². The zero-order valence-electron chi connectivity index (χ0n) is 9.72. The van der Waals surface area contributed by atoms with Gasteiger partial charge in [-0.15, -0.1) is 0 Å². The van der Waals surface area contributed by atoms with Gasteiger partial charge >= 0.3 is 0 Å². The number of thioether (sulfide) groups is 1. The van der Waals surface area contributed by atoms with Crippen LogP contribution >= 0.6 is 11.8 Å². The maximum absolute atomic E-state index is 6.27. The fraction of sp³-hybridized carbons (Fsp3) is 1.00. The van der Waals surface area contributed by atoms with Gasteiger partial charge in [-0.1, -0.05) is 32.6 Å². The second-order valence-electron chi connectivity index (χ2n) is 4.72. The monoisotopic (exact) mass is 215 g/mol. The van der Waals surface area contributed by atoms with E-state index >= 15 is 0 Å². The van der Waals surface area contributed by atoms with E-state index in [-0.39, 0.29) is 0 Å². The minimum Gasteiger partial charge on any atom is -0.326 e. The van der Waals surface area contributed by atoms with Gasteiger partial charge in [0.25, 0.3) is 0 Å². The standard InChI is InChI=1S/C12H25NS/c1-3-4-5-6-8-11(13)12(2)9-7-10-14-12/h11H,3-10,13H2,1-2H3. The number of rotatable bonds is 6. The van der Waals surface area contributed by atoms with Crippen molar-refractivity contribution < 1.29 is 0 Å². The van der Waals surface area contributed by atoms with Crippen LogP contribution in [-0.4, -0.2) is 16.5 Å². The molecule has 2 unspecified atom stereocenters. The van der Waals surface area contributed by atoms with Gasteiger partial charge in [0.1, 0.15) is 0 Å². The molecule has 0 bridgehead atoms. The summed E-state index contributed by atoms with van der Waals surface area (Å²) in [7, 11) is 0. The molecule has 1 fully saturated rings. The van der Waals surface area contributed by atoms with E-state index in [2.05, 4.69) is 25.6 Å². The molecule has 2 heteroatoms. The van der Waals surface area contributed by atoms with E-state index in [0.29, 0.717) is 10.8 Å². The van der Waals surface area contributed by atoms with Crippen LogP contribution in [-0.2, 0) is 0 Å². The first-order chi connectivity index (χ1) is 6.69. The second kappa shape index (κ2) is 6.02. The third-order valence-electron chi connectivity index (χ3n) is 3.40. The summed E-state index contributed by atoms with van der Waals surface area (Å²) >= 11 is 2.09. The number of nitrogens with two attached hydrogens (primary N) is 1. The van der Waals surface area contributed by atoms with Crippen molar-refractivity contribution >= 4 is 11.8 Å². The first kappa shape index (κ1) is 12.4. The highest BCUT2D eigenvalue weighted by Gasteiger charge is 2.34. The van der Waals surface area contributed by atoms with Gasteiger partial charge in [0.15, 0.2) is 0 Å². The zero-order valence-corrected chi connectivity index (χ0v) is 10.5. The average molecular weight is 215 g/mol. The van der Waals surface area contributed by atoms with Gasteiger partial charge in [-0.2, -0.15) is 11.8 Å². The molecule has 0 radical (unpaired) electrons. The topological polar surface area (TPSA) is 26.0 Å². The van der Waals surface area contributed by atoms with Crippen LogP contribution in [0, 0.1) is 0 Å². The Bertz CT molecular complexity index is 152. The second-order valence-corrected chi connectivity index (χ2v) is 6.35. The summed E-state index contributed by atoms with van der Waals surface area (Å²) in [5, 5.41) is 0. The van der Waals surface area contributed by atoms with E-state index in [9.17, 15) is 0 Å². The molecule has 14 heavy (non-hydrogen) atoms. The first-order valence-electron chi connectivity index (χ1n) is 6.08. The predicted molar refractivity (Wildman–Crippen MR) is 66.8 cm³/mol. The van der Waals surface area contributed by atoms with Gasteiger partial charge in [-0.25, -0.2) is 0 Å². The highest BCUT2D eigenvalue weighted by atomic mass is 32.2. The molecule has 0 aliphatic carbocycles. The Kier molecular flexibility index (Phi) is 5.32. The van der Waals surface area contributed by atoms with Crippen LogP contribution in [0.2, 0.25) is 0 Å². The zero-order chi connectivity index (χ0) is 10.4. The van der Waals surface area contributed by atoms with Crippen LogP contribution in [0.4, 0.5) is 0 Å². The molecular formula is C12H25NS. The molecule has 2 N–H and O–H groups in total. The van der Waals surface area contributed by atoms with E-state index in [1.807, 2.05) is 0 Å². The molecule has 1 aliphatic heterocycles. The van der Waals surface area contributed by atoms with Crippen LogP contribution in [0.1, 0.15) is 58.8 Å². The van der Waals surface area contributed by atoms with Crippen LogP contribution in [0.5, 0.6) is 0 Å². The molecule has 1 heterocycles. The average Bonchev–Trinajstić information content (AvgIpc) is 2.61. The van der Waals surface area contributed by atoms with Gasteiger partial charge in [0.2, 0.25) is 0 Å². The smallest absolute Gasteiger partial charge is 0.0283 e. The highest BCUT2D eigenvalue weighted by molar-refractivity contribution is 8.00. The summed E-state index contributed by atoms with van der Waals surface area (Å²) in [6, 6.07) is 0.423. The maximum atomic E-state index is 6.27. The molecule has 0 spiro atoms. The van der Waals surface area contributed by atoms with E-state index in [0.717, 1.165) is 0 Å². The first-order valence-corrected chi connectivity index (χ1v) is 7.07. The highest BCUT2D eigenvalue weighted by Crippen LogP contribution is 2.40. The summed E-state index contributed by atoms with van der Waals surface area (Å²) in [4.78, 5) is 0. The Morgan fingerprint density at radius 3 is 2.71 bits per heavy atom. The Hall–Kier alpha value is 0.310. The molecule has 0 saturated carbocycles. The summed E-state index contributed by atoms with van der Waals surface area (Å²) < 4.78 is 0.395. The Labute approximate surface area is 93.2 Å². The van der Waals surface area contributed by atoms with Crippen molar-refractivity contribution in [2.45, 2.75) is 69.6 Å². The van der Waals surface area contributed by atoms with Gasteiger partial charge in [0, 0.05) is 10.8 Å². The van der Waals surface area contributed by atoms with Crippen molar-refractivity contribution in [3.63, 3.8) is 0 Å². The number of hydrogen-bond donors (Lipinski definition) is 1. The summed E-state index contributed by atoms with van der Waals surface area (Å²) in [6.45, 7) is 4.61. The Balaban J connectivity index is 2.16. The van der Waals surface area contributed by atoms with Crippen molar-refractivity contribution in [3.8, 4) is 0 Å². The van der Waals surface area contributed by atoms with Crippen LogP contribution < -0.4 is 5.73 Å². The van der Waals surface area contributed by atoms with Gasteiger partial charge < -0.3 is 5.73 Å². The molecule has 1 saturated heterocycles. The number of unbranched alkanes of at least 4 members (excludes halogenated alkanes) is 3. The SMILES string of the molecule is CCCCCCC(N)C1(C)CCCS1. The summed E-state index contributed by atoms with van der Waals surface area (Å²) in [6.07, 6.45) is 9.30. The minimum atomic E-state index is 0.395. The molecule has 1 nitrogen and oxygen atoms in total. The van der Waals surface area contributed by atoms with Crippen molar-refractivity contribution in [2.24, 2.45) is 5.73 Å². The fourth-order valence-corrected chi connectivity index (χ4v) is 3.57. The molecule has 0 aromatic carbocycles. The van der Waals surface area contributed by atoms with Crippen molar-refractivity contribution in [2.75, 3.05) is 5.75 Å². The molecular weight excluding hydrogens is 190 g/mol. The van der Waals surface area contributed by atoms with Crippen molar-refractivity contribution in [3.05, 3.63) is 0 Å². The van der Waals surface area contributed by atoms with Crippen LogP contribution in [0.25, 0.3) is 0 Å². The molecule has 84 valence electrons. The summed E-state index contributed by atoms with van der Waals surface area (Å²) in [5.74, 6) is 1.32.